The Kier molecular flexibility index (Phi) is 3.55. The molecule has 2 rings (SSSR count). The van der Waals surface area contributed by atoms with E-state index in [1.54, 1.807) is 13.3 Å². The third-order valence-corrected chi connectivity index (χ3v) is 2.37. The van der Waals surface area contributed by atoms with Crippen molar-refractivity contribution < 1.29 is 4.74 Å². The fourth-order valence-electron chi connectivity index (χ4n) is 1.61. The zero-order valence-electron chi connectivity index (χ0n) is 9.97. The molecule has 0 aliphatic carbocycles. The van der Waals surface area contributed by atoms with Gasteiger partial charge in [-0.1, -0.05) is 12.1 Å². The molecule has 0 aliphatic rings. The topological polar surface area (TPSA) is 47.0 Å². The number of methoxy groups -OCH3 is 1. The zero-order chi connectivity index (χ0) is 12.1. The van der Waals surface area contributed by atoms with E-state index in [0.29, 0.717) is 5.95 Å². The summed E-state index contributed by atoms with van der Waals surface area (Å²) in [7, 11) is 1.66. The summed E-state index contributed by atoms with van der Waals surface area (Å²) in [6, 6.07) is 9.68. The number of nitrogens with one attached hydrogen (secondary N) is 1. The fourth-order valence-corrected chi connectivity index (χ4v) is 1.61. The Bertz CT molecular complexity index is 500. The first kappa shape index (κ1) is 11.4. The highest BCUT2D eigenvalue weighted by Crippen LogP contribution is 2.27. The highest BCUT2D eigenvalue weighted by molar-refractivity contribution is 5.67. The smallest absolute Gasteiger partial charge is 0.223 e. The molecular weight excluding hydrogens is 214 g/mol. The monoisotopic (exact) mass is 229 g/mol. The van der Waals surface area contributed by atoms with Crippen LogP contribution in [0, 0.1) is 0 Å². The van der Waals surface area contributed by atoms with Gasteiger partial charge in [-0.05, 0) is 25.1 Å². The maximum Gasteiger partial charge on any atom is 0.223 e. The Labute approximate surface area is 101 Å². The van der Waals surface area contributed by atoms with E-state index in [2.05, 4.69) is 15.3 Å². The molecule has 1 aromatic heterocycles. The van der Waals surface area contributed by atoms with E-state index in [1.807, 2.05) is 37.3 Å². The first-order valence-electron chi connectivity index (χ1n) is 5.55. The van der Waals surface area contributed by atoms with E-state index >= 15 is 0 Å². The van der Waals surface area contributed by atoms with Gasteiger partial charge >= 0.3 is 0 Å². The van der Waals surface area contributed by atoms with Gasteiger partial charge in [0.2, 0.25) is 5.95 Å². The molecule has 0 bridgehead atoms. The second-order valence-electron chi connectivity index (χ2n) is 3.50. The van der Waals surface area contributed by atoms with Gasteiger partial charge in [-0.2, -0.15) is 0 Å². The first-order valence-corrected chi connectivity index (χ1v) is 5.55. The number of rotatable bonds is 4. The van der Waals surface area contributed by atoms with Crippen LogP contribution >= 0.6 is 0 Å². The molecule has 0 atom stereocenters. The maximum atomic E-state index is 5.32. The molecule has 4 nitrogen and oxygen atoms in total. The van der Waals surface area contributed by atoms with Crippen LogP contribution in [0.25, 0.3) is 11.3 Å². The molecule has 1 N–H and O–H groups in total. The highest BCUT2D eigenvalue weighted by Gasteiger charge is 2.06. The van der Waals surface area contributed by atoms with E-state index in [1.165, 1.54) is 0 Å². The summed E-state index contributed by atoms with van der Waals surface area (Å²) in [5.41, 5.74) is 1.82. The molecule has 17 heavy (non-hydrogen) atoms. The highest BCUT2D eigenvalue weighted by atomic mass is 16.5. The lowest BCUT2D eigenvalue weighted by Crippen LogP contribution is -2.02. The van der Waals surface area contributed by atoms with Gasteiger partial charge < -0.3 is 10.1 Å². The Morgan fingerprint density at radius 2 is 2.06 bits per heavy atom. The van der Waals surface area contributed by atoms with Gasteiger partial charge in [0.05, 0.1) is 12.8 Å². The first-order chi connectivity index (χ1) is 8.35. The molecule has 1 heterocycles. The number of ether oxygens (including phenoxy) is 1. The molecule has 1 aromatic carbocycles. The summed E-state index contributed by atoms with van der Waals surface area (Å²) in [5.74, 6) is 1.45. The van der Waals surface area contributed by atoms with Crippen LogP contribution in [0.3, 0.4) is 0 Å². The lowest BCUT2D eigenvalue weighted by molar-refractivity contribution is 0.416. The van der Waals surface area contributed by atoms with Crippen LogP contribution in [0.1, 0.15) is 6.92 Å². The van der Waals surface area contributed by atoms with E-state index in [0.717, 1.165) is 23.6 Å². The van der Waals surface area contributed by atoms with Gasteiger partial charge in [0, 0.05) is 18.3 Å². The van der Waals surface area contributed by atoms with Crippen LogP contribution < -0.4 is 10.1 Å². The minimum atomic E-state index is 0.635. The van der Waals surface area contributed by atoms with E-state index in [-0.39, 0.29) is 0 Å². The Morgan fingerprint density at radius 3 is 2.82 bits per heavy atom. The minimum Gasteiger partial charge on any atom is -0.496 e. The summed E-state index contributed by atoms with van der Waals surface area (Å²) in [4.78, 5) is 8.59. The van der Waals surface area contributed by atoms with Gasteiger partial charge in [0.1, 0.15) is 5.75 Å². The third-order valence-electron chi connectivity index (χ3n) is 2.37. The number of benzene rings is 1. The van der Waals surface area contributed by atoms with Crippen molar-refractivity contribution in [3.05, 3.63) is 36.5 Å². The molecule has 0 saturated heterocycles. The predicted molar refractivity (Wildman–Crippen MR) is 68.2 cm³/mol. The van der Waals surface area contributed by atoms with Crippen molar-refractivity contribution in [2.24, 2.45) is 0 Å². The second kappa shape index (κ2) is 5.30. The van der Waals surface area contributed by atoms with Gasteiger partial charge in [0.15, 0.2) is 0 Å². The van der Waals surface area contributed by atoms with E-state index < -0.39 is 0 Å². The number of hydrogen-bond acceptors (Lipinski definition) is 4. The Balaban J connectivity index is 2.41. The second-order valence-corrected chi connectivity index (χ2v) is 3.50. The molecule has 0 saturated carbocycles. The number of aromatic nitrogens is 2. The molecule has 4 heteroatoms. The normalized spacial score (nSPS) is 10.0. The van der Waals surface area contributed by atoms with Crippen LogP contribution in [0.4, 0.5) is 5.95 Å². The molecule has 88 valence electrons. The Hall–Kier alpha value is -2.10. The van der Waals surface area contributed by atoms with Gasteiger partial charge in [-0.15, -0.1) is 0 Å². The predicted octanol–water partition coefficient (Wildman–Crippen LogP) is 2.58. The lowest BCUT2D eigenvalue weighted by atomic mass is 10.1. The SMILES string of the molecule is CCNc1nccc(-c2ccccc2OC)n1. The van der Waals surface area contributed by atoms with Gasteiger partial charge in [-0.3, -0.25) is 0 Å². The molecule has 0 spiro atoms. The van der Waals surface area contributed by atoms with Crippen LogP contribution in [0.2, 0.25) is 0 Å². The molecular formula is C13H15N3O. The van der Waals surface area contributed by atoms with Crippen molar-refractivity contribution >= 4 is 5.95 Å². The summed E-state index contributed by atoms with van der Waals surface area (Å²) in [5, 5.41) is 3.09. The van der Waals surface area contributed by atoms with Gasteiger partial charge in [0.25, 0.3) is 0 Å². The molecule has 0 unspecified atom stereocenters. The van der Waals surface area contributed by atoms with Crippen molar-refractivity contribution in [3.63, 3.8) is 0 Å². The van der Waals surface area contributed by atoms with E-state index in [4.69, 9.17) is 4.74 Å². The van der Waals surface area contributed by atoms with Crippen LogP contribution in [-0.2, 0) is 0 Å². The van der Waals surface area contributed by atoms with Crippen LogP contribution in [0.15, 0.2) is 36.5 Å². The number of nitrogens with zero attached hydrogens (tertiary/aromatic N) is 2. The summed E-state index contributed by atoms with van der Waals surface area (Å²) < 4.78 is 5.32. The van der Waals surface area contributed by atoms with Crippen molar-refractivity contribution in [1.82, 2.24) is 9.97 Å². The number of anilines is 1. The molecule has 2 aromatic rings. The quantitative estimate of drug-likeness (QED) is 0.875. The summed E-state index contributed by atoms with van der Waals surface area (Å²) >= 11 is 0. The number of hydrogen-bond donors (Lipinski definition) is 1. The maximum absolute atomic E-state index is 5.32. The van der Waals surface area contributed by atoms with Gasteiger partial charge in [-0.25, -0.2) is 9.97 Å². The molecule has 0 radical (unpaired) electrons. The standard InChI is InChI=1S/C13H15N3O/c1-3-14-13-15-9-8-11(16-13)10-6-4-5-7-12(10)17-2/h4-9H,3H2,1-2H3,(H,14,15,16). The molecule has 0 amide bonds. The molecule has 0 fully saturated rings. The summed E-state index contributed by atoms with van der Waals surface area (Å²) in [6.45, 7) is 2.81. The minimum absolute atomic E-state index is 0.635. The molecule has 0 aliphatic heterocycles. The van der Waals surface area contributed by atoms with Crippen LogP contribution in [-0.4, -0.2) is 23.6 Å². The number of para-hydroxylation sites is 1. The van der Waals surface area contributed by atoms with Crippen molar-refractivity contribution in [2.75, 3.05) is 19.0 Å². The fraction of sp³-hybridized carbons (Fsp3) is 0.231. The average Bonchev–Trinajstić information content (AvgIpc) is 2.39. The largest absolute Gasteiger partial charge is 0.496 e. The van der Waals surface area contributed by atoms with Crippen molar-refractivity contribution in [1.29, 1.82) is 0 Å². The zero-order valence-corrected chi connectivity index (χ0v) is 9.97. The lowest BCUT2D eigenvalue weighted by Gasteiger charge is -2.08. The van der Waals surface area contributed by atoms with Crippen molar-refractivity contribution in [2.45, 2.75) is 6.92 Å². The van der Waals surface area contributed by atoms with E-state index in [9.17, 15) is 0 Å². The summed E-state index contributed by atoms with van der Waals surface area (Å²) in [6.07, 6.45) is 1.74. The van der Waals surface area contributed by atoms with Crippen LogP contribution in [0.5, 0.6) is 5.75 Å². The third kappa shape index (κ3) is 2.53. The Morgan fingerprint density at radius 1 is 1.24 bits per heavy atom. The average molecular weight is 229 g/mol. The van der Waals surface area contributed by atoms with Crippen molar-refractivity contribution in [3.8, 4) is 17.0 Å².